The Kier molecular flexibility index (Phi) is 1.74. The summed E-state index contributed by atoms with van der Waals surface area (Å²) in [6, 6.07) is 10.5. The maximum atomic E-state index is 2.16. The number of benzene rings is 1. The molecule has 0 amide bonds. The van der Waals surface area contributed by atoms with Gasteiger partial charge in [-0.2, -0.15) is 0 Å². The van der Waals surface area contributed by atoms with Crippen LogP contribution in [0, 0.1) is 0 Å². The Morgan fingerprint density at radius 1 is 1.00 bits per heavy atom. The zero-order valence-electron chi connectivity index (χ0n) is 4.09. The molecule has 0 aromatic heterocycles. The summed E-state index contributed by atoms with van der Waals surface area (Å²) in [6.07, 6.45) is 0. The number of hydrogen-bond donors (Lipinski definition) is 0. The first kappa shape index (κ1) is 5.16. The molecule has 0 aliphatic heterocycles. The normalized spacial score (nSPS) is 8.71. The topological polar surface area (TPSA) is 0 Å². The SMILES string of the molecule is [SnH2][c]1ccccc1. The van der Waals surface area contributed by atoms with E-state index in [2.05, 4.69) is 24.3 Å². The van der Waals surface area contributed by atoms with Crippen molar-refractivity contribution >= 4 is 26.1 Å². The van der Waals surface area contributed by atoms with Crippen molar-refractivity contribution in [2.75, 3.05) is 0 Å². The van der Waals surface area contributed by atoms with Gasteiger partial charge in [0, 0.05) is 0 Å². The average Bonchev–Trinajstić information content (AvgIpc) is 1.69. The second-order valence-corrected chi connectivity index (χ2v) is 3.82. The van der Waals surface area contributed by atoms with E-state index in [-0.39, 0.29) is 0 Å². The van der Waals surface area contributed by atoms with Gasteiger partial charge in [-0.15, -0.1) is 0 Å². The molecule has 0 fully saturated rings. The van der Waals surface area contributed by atoms with Crippen molar-refractivity contribution in [3.63, 3.8) is 0 Å². The first-order chi connectivity index (χ1) is 3.39. The van der Waals surface area contributed by atoms with Gasteiger partial charge < -0.3 is 0 Å². The van der Waals surface area contributed by atoms with Crippen molar-refractivity contribution < 1.29 is 0 Å². The molecule has 1 aromatic rings. The Balaban J connectivity index is 3.02. The summed E-state index contributed by atoms with van der Waals surface area (Å²) >= 11 is 0.970. The van der Waals surface area contributed by atoms with Crippen LogP contribution in [0.5, 0.6) is 0 Å². The standard InChI is InChI=1S/C6H5.Sn.2H/c1-2-4-6-5-3-1;;;/h1-5H;;;. The second kappa shape index (κ2) is 2.36. The van der Waals surface area contributed by atoms with Gasteiger partial charge in [0.25, 0.3) is 0 Å². The van der Waals surface area contributed by atoms with Crippen LogP contribution in [0.3, 0.4) is 0 Å². The van der Waals surface area contributed by atoms with Crippen molar-refractivity contribution in [1.29, 1.82) is 0 Å². The third kappa shape index (κ3) is 1.51. The summed E-state index contributed by atoms with van der Waals surface area (Å²) in [4.78, 5) is 0. The third-order valence-electron chi connectivity index (χ3n) is 0.843. The van der Waals surface area contributed by atoms with Crippen molar-refractivity contribution in [3.8, 4) is 0 Å². The molecule has 35 valence electrons. The van der Waals surface area contributed by atoms with Crippen LogP contribution in [0.1, 0.15) is 0 Å². The molecule has 1 aromatic carbocycles. The molecule has 0 spiro atoms. The predicted molar refractivity (Wildman–Crippen MR) is 34.6 cm³/mol. The molecule has 0 unspecified atom stereocenters. The van der Waals surface area contributed by atoms with Crippen molar-refractivity contribution in [1.82, 2.24) is 0 Å². The van der Waals surface area contributed by atoms with Crippen molar-refractivity contribution in [2.24, 2.45) is 0 Å². The van der Waals surface area contributed by atoms with Crippen molar-refractivity contribution in [3.05, 3.63) is 30.3 Å². The fourth-order valence-electron chi connectivity index (χ4n) is 0.478. The summed E-state index contributed by atoms with van der Waals surface area (Å²) in [7, 11) is 0. The van der Waals surface area contributed by atoms with Crippen LogP contribution in [0.2, 0.25) is 0 Å². The molecule has 0 aliphatic carbocycles. The van der Waals surface area contributed by atoms with E-state index in [4.69, 9.17) is 0 Å². The summed E-state index contributed by atoms with van der Waals surface area (Å²) in [5, 5.41) is 0. The van der Waals surface area contributed by atoms with Gasteiger partial charge in [0.15, 0.2) is 0 Å². The van der Waals surface area contributed by atoms with E-state index >= 15 is 0 Å². The van der Waals surface area contributed by atoms with Gasteiger partial charge >= 0.3 is 56.4 Å². The molecule has 0 saturated carbocycles. The summed E-state index contributed by atoms with van der Waals surface area (Å²) in [5.74, 6) is 0. The molecule has 1 rings (SSSR count). The molecular weight excluding hydrogens is 191 g/mol. The van der Waals surface area contributed by atoms with Gasteiger partial charge in [0.1, 0.15) is 0 Å². The molecule has 1 heteroatoms. The molecule has 0 bridgehead atoms. The first-order valence-corrected chi connectivity index (χ1v) is 4.28. The molecule has 0 heterocycles. The van der Waals surface area contributed by atoms with Crippen LogP contribution in [0.4, 0.5) is 0 Å². The van der Waals surface area contributed by atoms with E-state index in [9.17, 15) is 0 Å². The van der Waals surface area contributed by atoms with Crippen LogP contribution in [-0.4, -0.2) is 22.5 Å². The van der Waals surface area contributed by atoms with Crippen LogP contribution in [0.25, 0.3) is 0 Å². The Morgan fingerprint density at radius 3 is 1.86 bits per heavy atom. The molecule has 7 heavy (non-hydrogen) atoms. The predicted octanol–water partition coefficient (Wildman–Crippen LogP) is -0.0550. The second-order valence-electron chi connectivity index (χ2n) is 1.49. The third-order valence-corrected chi connectivity index (χ3v) is 2.19. The summed E-state index contributed by atoms with van der Waals surface area (Å²) in [5.41, 5.74) is 0. The molecule has 0 nitrogen and oxygen atoms in total. The fraction of sp³-hybridized carbons (Fsp3) is 0. The van der Waals surface area contributed by atoms with Crippen molar-refractivity contribution in [2.45, 2.75) is 0 Å². The van der Waals surface area contributed by atoms with Gasteiger partial charge in [0.05, 0.1) is 0 Å². The molecule has 0 atom stereocenters. The van der Waals surface area contributed by atoms with Gasteiger partial charge in [0.2, 0.25) is 0 Å². The average molecular weight is 198 g/mol. The van der Waals surface area contributed by atoms with E-state index in [0.717, 1.165) is 22.5 Å². The monoisotopic (exact) mass is 199 g/mol. The first-order valence-electron chi connectivity index (χ1n) is 2.26. The fourth-order valence-corrected chi connectivity index (χ4v) is 1.25. The quantitative estimate of drug-likeness (QED) is 0.512. The van der Waals surface area contributed by atoms with Gasteiger partial charge in [-0.05, 0) is 0 Å². The summed E-state index contributed by atoms with van der Waals surface area (Å²) in [6.45, 7) is 0. The zero-order chi connectivity index (χ0) is 5.11. The van der Waals surface area contributed by atoms with E-state index in [0.29, 0.717) is 0 Å². The molecular formula is C6H7Sn. The molecule has 0 aliphatic rings. The van der Waals surface area contributed by atoms with E-state index in [1.165, 1.54) is 3.58 Å². The minimum absolute atomic E-state index is 0.970. The molecule has 0 saturated heterocycles. The zero-order valence-corrected chi connectivity index (χ0v) is 8.13. The van der Waals surface area contributed by atoms with E-state index < -0.39 is 0 Å². The van der Waals surface area contributed by atoms with Gasteiger partial charge in [-0.25, -0.2) is 0 Å². The Labute approximate surface area is 56.6 Å². The van der Waals surface area contributed by atoms with E-state index in [1.54, 1.807) is 0 Å². The van der Waals surface area contributed by atoms with Crippen LogP contribution < -0.4 is 3.58 Å². The van der Waals surface area contributed by atoms with E-state index in [1.807, 2.05) is 6.07 Å². The number of hydrogen-bond acceptors (Lipinski definition) is 0. The Hall–Kier alpha value is 0.0187. The number of rotatable bonds is 0. The molecule has 0 N–H and O–H groups in total. The summed E-state index contributed by atoms with van der Waals surface area (Å²) < 4.78 is 1.49. The Bertz CT molecular complexity index is 134. The van der Waals surface area contributed by atoms with Gasteiger partial charge in [-0.3, -0.25) is 0 Å². The minimum atomic E-state index is 0.970. The van der Waals surface area contributed by atoms with Crippen LogP contribution >= 0.6 is 0 Å². The molecule has 1 radical (unpaired) electrons. The van der Waals surface area contributed by atoms with Crippen LogP contribution in [0.15, 0.2) is 30.3 Å². The van der Waals surface area contributed by atoms with Gasteiger partial charge in [-0.1, -0.05) is 0 Å². The Morgan fingerprint density at radius 2 is 1.57 bits per heavy atom. The maximum absolute atomic E-state index is 2.16. The van der Waals surface area contributed by atoms with Crippen LogP contribution in [-0.2, 0) is 0 Å².